The maximum Gasteiger partial charge on any atom is 0.244 e. The highest BCUT2D eigenvalue weighted by Gasteiger charge is 2.30. The van der Waals surface area contributed by atoms with E-state index in [0.29, 0.717) is 29.9 Å². The van der Waals surface area contributed by atoms with Crippen molar-refractivity contribution in [1.82, 2.24) is 9.21 Å². The van der Waals surface area contributed by atoms with Crippen molar-refractivity contribution in [3.05, 3.63) is 95.6 Å². The Labute approximate surface area is 204 Å². The van der Waals surface area contributed by atoms with Crippen molar-refractivity contribution < 1.29 is 18.0 Å². The first kappa shape index (κ1) is 24.3. The fourth-order valence-corrected chi connectivity index (χ4v) is 5.54. The zero-order chi connectivity index (χ0) is 24.8. The van der Waals surface area contributed by atoms with Crippen LogP contribution in [0.1, 0.15) is 21.5 Å². The van der Waals surface area contributed by atoms with Gasteiger partial charge in [0.15, 0.2) is 5.78 Å². The fourth-order valence-electron chi connectivity index (χ4n) is 3.98. The molecule has 0 spiro atoms. The van der Waals surface area contributed by atoms with E-state index in [1.165, 1.54) is 16.4 Å². The third-order valence-electron chi connectivity index (χ3n) is 5.81. The Morgan fingerprint density at radius 3 is 2.20 bits per heavy atom. The number of nitriles is 1. The molecular formula is C26H24N4O4S. The molecule has 1 fully saturated rings. The normalized spacial score (nSPS) is 14.7. The van der Waals surface area contributed by atoms with Crippen LogP contribution in [-0.2, 0) is 14.8 Å². The lowest BCUT2D eigenvalue weighted by Gasteiger charge is -2.33. The van der Waals surface area contributed by atoms with Crippen molar-refractivity contribution in [2.45, 2.75) is 4.90 Å². The summed E-state index contributed by atoms with van der Waals surface area (Å²) in [5.74, 6) is -0.470. The third kappa shape index (κ3) is 5.46. The number of sulfonamides is 1. The van der Waals surface area contributed by atoms with E-state index in [1.54, 1.807) is 60.7 Å². The van der Waals surface area contributed by atoms with Gasteiger partial charge in [0, 0.05) is 37.3 Å². The highest BCUT2D eigenvalue weighted by atomic mass is 32.2. The number of amides is 1. The van der Waals surface area contributed by atoms with E-state index >= 15 is 0 Å². The molecule has 1 heterocycles. The van der Waals surface area contributed by atoms with Crippen molar-refractivity contribution in [2.24, 2.45) is 0 Å². The van der Waals surface area contributed by atoms with Crippen molar-refractivity contribution in [3.8, 4) is 6.07 Å². The summed E-state index contributed by atoms with van der Waals surface area (Å²) in [6.07, 6.45) is 0. The van der Waals surface area contributed by atoms with Crippen LogP contribution in [-0.4, -0.2) is 62.0 Å². The van der Waals surface area contributed by atoms with Gasteiger partial charge in [0.05, 0.1) is 22.7 Å². The molecule has 0 unspecified atom stereocenters. The van der Waals surface area contributed by atoms with E-state index in [9.17, 15) is 23.3 Å². The second-order valence-corrected chi connectivity index (χ2v) is 9.98. The van der Waals surface area contributed by atoms with Gasteiger partial charge in [-0.15, -0.1) is 0 Å². The summed E-state index contributed by atoms with van der Waals surface area (Å²) in [6, 6.07) is 23.8. The lowest BCUT2D eigenvalue weighted by Crippen LogP contribution is -2.50. The largest absolute Gasteiger partial charge is 0.324 e. The number of carbonyl (C=O) groups excluding carboxylic acids is 2. The van der Waals surface area contributed by atoms with Gasteiger partial charge in [-0.05, 0) is 24.3 Å². The molecular weight excluding hydrogens is 464 g/mol. The fraction of sp³-hybridized carbons (Fsp3) is 0.192. The Kier molecular flexibility index (Phi) is 7.36. The summed E-state index contributed by atoms with van der Waals surface area (Å²) >= 11 is 0. The second-order valence-electron chi connectivity index (χ2n) is 8.08. The molecule has 0 atom stereocenters. The molecule has 8 nitrogen and oxygen atoms in total. The number of benzene rings is 3. The second kappa shape index (κ2) is 10.6. The molecule has 1 aliphatic rings. The minimum Gasteiger partial charge on any atom is -0.324 e. The summed E-state index contributed by atoms with van der Waals surface area (Å²) in [6.45, 7) is 1.21. The monoisotopic (exact) mass is 488 g/mol. The minimum atomic E-state index is -3.80. The molecule has 1 saturated heterocycles. The van der Waals surface area contributed by atoms with Gasteiger partial charge in [-0.25, -0.2) is 8.42 Å². The number of ketones is 1. The molecule has 0 radical (unpaired) electrons. The van der Waals surface area contributed by atoms with Crippen LogP contribution in [0.15, 0.2) is 83.8 Å². The standard InChI is InChI=1S/C26H24N4O4S/c27-18-21-10-4-7-13-24(21)35(33,34)30-16-14-29(15-17-30)19-25(31)28-23-12-6-5-11-22(23)26(32)20-8-2-1-3-9-20/h1-13H,14-17,19H2,(H,28,31). The molecule has 4 rings (SSSR count). The van der Waals surface area contributed by atoms with Crippen LogP contribution in [0.5, 0.6) is 0 Å². The molecule has 0 aliphatic carbocycles. The number of nitrogens with zero attached hydrogens (tertiary/aromatic N) is 3. The SMILES string of the molecule is N#Cc1ccccc1S(=O)(=O)N1CCN(CC(=O)Nc2ccccc2C(=O)c2ccccc2)CC1. The molecule has 35 heavy (non-hydrogen) atoms. The van der Waals surface area contributed by atoms with E-state index in [-0.39, 0.29) is 41.8 Å². The molecule has 178 valence electrons. The topological polar surface area (TPSA) is 111 Å². The van der Waals surface area contributed by atoms with Crippen LogP contribution in [0.2, 0.25) is 0 Å². The average Bonchev–Trinajstić information content (AvgIpc) is 2.89. The number of nitrogens with one attached hydrogen (secondary N) is 1. The summed E-state index contributed by atoms with van der Waals surface area (Å²) in [4.78, 5) is 27.5. The van der Waals surface area contributed by atoms with Gasteiger partial charge < -0.3 is 5.32 Å². The van der Waals surface area contributed by atoms with Crippen molar-refractivity contribution >= 4 is 27.4 Å². The lowest BCUT2D eigenvalue weighted by molar-refractivity contribution is -0.117. The van der Waals surface area contributed by atoms with Crippen LogP contribution < -0.4 is 5.32 Å². The Hall–Kier alpha value is -3.84. The zero-order valence-electron chi connectivity index (χ0n) is 18.9. The predicted octanol–water partition coefficient (Wildman–Crippen LogP) is 2.73. The van der Waals surface area contributed by atoms with Gasteiger partial charge >= 0.3 is 0 Å². The van der Waals surface area contributed by atoms with Crippen molar-refractivity contribution in [3.63, 3.8) is 0 Å². The van der Waals surface area contributed by atoms with Crippen LogP contribution in [0, 0.1) is 11.3 Å². The molecule has 0 bridgehead atoms. The third-order valence-corrected chi connectivity index (χ3v) is 7.76. The van der Waals surface area contributed by atoms with Gasteiger partial charge in [0.1, 0.15) is 6.07 Å². The number of para-hydroxylation sites is 1. The van der Waals surface area contributed by atoms with Crippen molar-refractivity contribution in [1.29, 1.82) is 5.26 Å². The van der Waals surface area contributed by atoms with E-state index in [0.717, 1.165) is 0 Å². The molecule has 9 heteroatoms. The predicted molar refractivity (Wildman–Crippen MR) is 131 cm³/mol. The summed E-state index contributed by atoms with van der Waals surface area (Å²) in [5, 5.41) is 12.1. The quantitative estimate of drug-likeness (QED) is 0.512. The molecule has 1 N–H and O–H groups in total. The van der Waals surface area contributed by atoms with Gasteiger partial charge in [0.2, 0.25) is 15.9 Å². The average molecular weight is 489 g/mol. The van der Waals surface area contributed by atoms with Crippen LogP contribution in [0.4, 0.5) is 5.69 Å². The Bertz CT molecular complexity index is 1380. The van der Waals surface area contributed by atoms with E-state index < -0.39 is 10.0 Å². The summed E-state index contributed by atoms with van der Waals surface area (Å²) < 4.78 is 27.3. The minimum absolute atomic E-state index is 0.00613. The van der Waals surface area contributed by atoms with Crippen LogP contribution in [0.3, 0.4) is 0 Å². The number of anilines is 1. The Morgan fingerprint density at radius 2 is 1.49 bits per heavy atom. The van der Waals surface area contributed by atoms with Crippen LogP contribution in [0.25, 0.3) is 0 Å². The number of hydrogen-bond donors (Lipinski definition) is 1. The van der Waals surface area contributed by atoms with Crippen molar-refractivity contribution in [2.75, 3.05) is 38.0 Å². The van der Waals surface area contributed by atoms with Gasteiger partial charge in [-0.2, -0.15) is 9.57 Å². The molecule has 3 aromatic carbocycles. The molecule has 0 saturated carbocycles. The maximum absolute atomic E-state index is 13.0. The maximum atomic E-state index is 13.0. The summed E-state index contributed by atoms with van der Waals surface area (Å²) in [5.41, 5.74) is 1.47. The first-order valence-corrected chi connectivity index (χ1v) is 12.5. The summed E-state index contributed by atoms with van der Waals surface area (Å²) in [7, 11) is -3.80. The number of rotatable bonds is 7. The molecule has 3 aromatic rings. The molecule has 0 aromatic heterocycles. The lowest BCUT2D eigenvalue weighted by atomic mass is 10.0. The highest BCUT2D eigenvalue weighted by Crippen LogP contribution is 2.22. The Morgan fingerprint density at radius 1 is 0.857 bits per heavy atom. The van der Waals surface area contributed by atoms with Gasteiger partial charge in [0.25, 0.3) is 0 Å². The molecule has 1 aliphatic heterocycles. The van der Waals surface area contributed by atoms with Gasteiger partial charge in [-0.1, -0.05) is 54.6 Å². The highest BCUT2D eigenvalue weighted by molar-refractivity contribution is 7.89. The van der Waals surface area contributed by atoms with Gasteiger partial charge in [-0.3, -0.25) is 14.5 Å². The number of piperazine rings is 1. The van der Waals surface area contributed by atoms with E-state index in [4.69, 9.17) is 0 Å². The Balaban J connectivity index is 1.38. The van der Waals surface area contributed by atoms with Crippen LogP contribution >= 0.6 is 0 Å². The van der Waals surface area contributed by atoms with E-state index in [1.807, 2.05) is 17.0 Å². The smallest absolute Gasteiger partial charge is 0.244 e. The van der Waals surface area contributed by atoms with E-state index in [2.05, 4.69) is 5.32 Å². The number of hydrogen-bond acceptors (Lipinski definition) is 6. The first-order valence-electron chi connectivity index (χ1n) is 11.1. The molecule has 1 amide bonds. The zero-order valence-corrected chi connectivity index (χ0v) is 19.7. The number of carbonyl (C=O) groups is 2. The first-order chi connectivity index (χ1) is 16.9.